The van der Waals surface area contributed by atoms with E-state index in [-0.39, 0.29) is 5.92 Å². The van der Waals surface area contributed by atoms with Crippen LogP contribution in [-0.2, 0) is 4.79 Å². The van der Waals surface area contributed by atoms with E-state index in [0.717, 1.165) is 13.0 Å². The molecular formula is C13H22BrNO. The summed E-state index contributed by atoms with van der Waals surface area (Å²) in [6.45, 7) is 3.08. The summed E-state index contributed by atoms with van der Waals surface area (Å²) in [6, 6.07) is 0. The molecule has 1 amide bonds. The van der Waals surface area contributed by atoms with Gasteiger partial charge in [-0.15, -0.1) is 0 Å². The smallest absolute Gasteiger partial charge is 0.223 e. The second kappa shape index (κ2) is 5.52. The molecule has 2 saturated carbocycles. The van der Waals surface area contributed by atoms with Crippen molar-refractivity contribution in [2.75, 3.05) is 6.54 Å². The number of carbonyl (C=O) groups is 1. The first kappa shape index (κ1) is 12.4. The van der Waals surface area contributed by atoms with Crippen molar-refractivity contribution in [3.8, 4) is 0 Å². The molecule has 92 valence electrons. The molecule has 0 aromatic heterocycles. The normalized spacial score (nSPS) is 38.9. The highest BCUT2D eigenvalue weighted by Gasteiger charge is 2.31. The number of hydrogen-bond acceptors (Lipinski definition) is 1. The van der Waals surface area contributed by atoms with Crippen molar-refractivity contribution in [3.05, 3.63) is 0 Å². The first-order valence-electron chi connectivity index (χ1n) is 6.60. The molecule has 3 heteroatoms. The molecule has 2 fully saturated rings. The largest absolute Gasteiger partial charge is 0.356 e. The van der Waals surface area contributed by atoms with Crippen LogP contribution in [0.4, 0.5) is 0 Å². The Morgan fingerprint density at radius 2 is 2.00 bits per heavy atom. The van der Waals surface area contributed by atoms with Crippen LogP contribution in [0.25, 0.3) is 0 Å². The average molecular weight is 288 g/mol. The summed E-state index contributed by atoms with van der Waals surface area (Å²) >= 11 is 3.70. The van der Waals surface area contributed by atoms with Crippen molar-refractivity contribution < 1.29 is 4.79 Å². The summed E-state index contributed by atoms with van der Waals surface area (Å²) in [4.78, 5) is 12.6. The lowest BCUT2D eigenvalue weighted by Gasteiger charge is -2.19. The lowest BCUT2D eigenvalue weighted by molar-refractivity contribution is -0.126. The Kier molecular flexibility index (Phi) is 4.28. The van der Waals surface area contributed by atoms with Crippen LogP contribution in [-0.4, -0.2) is 17.3 Å². The monoisotopic (exact) mass is 287 g/mol. The van der Waals surface area contributed by atoms with Gasteiger partial charge in [-0.25, -0.2) is 0 Å². The van der Waals surface area contributed by atoms with Gasteiger partial charge >= 0.3 is 0 Å². The molecule has 0 heterocycles. The number of carbonyl (C=O) groups excluding carboxylic acids is 1. The summed E-state index contributed by atoms with van der Waals surface area (Å²) in [7, 11) is 0. The van der Waals surface area contributed by atoms with Gasteiger partial charge in [0.2, 0.25) is 5.91 Å². The minimum Gasteiger partial charge on any atom is -0.356 e. The van der Waals surface area contributed by atoms with Gasteiger partial charge in [0.05, 0.1) is 0 Å². The number of hydrogen-bond donors (Lipinski definition) is 1. The van der Waals surface area contributed by atoms with Gasteiger partial charge in [0.25, 0.3) is 0 Å². The molecule has 2 nitrogen and oxygen atoms in total. The van der Waals surface area contributed by atoms with Crippen molar-refractivity contribution in [3.63, 3.8) is 0 Å². The van der Waals surface area contributed by atoms with E-state index < -0.39 is 0 Å². The number of halogens is 1. The molecule has 0 spiro atoms. The number of amides is 1. The Morgan fingerprint density at radius 1 is 1.25 bits per heavy atom. The minimum atomic E-state index is 0.287. The molecule has 2 aliphatic rings. The van der Waals surface area contributed by atoms with E-state index in [1.807, 2.05) is 0 Å². The molecule has 2 aliphatic carbocycles. The highest BCUT2D eigenvalue weighted by atomic mass is 79.9. The van der Waals surface area contributed by atoms with Gasteiger partial charge in [0.15, 0.2) is 0 Å². The number of rotatable bonds is 3. The maximum absolute atomic E-state index is 12.0. The Labute approximate surface area is 107 Å². The lowest BCUT2D eigenvalue weighted by atomic mass is 9.97. The molecule has 2 rings (SSSR count). The lowest BCUT2D eigenvalue weighted by Crippen LogP contribution is -2.36. The summed E-state index contributed by atoms with van der Waals surface area (Å²) in [5, 5.41) is 3.16. The maximum atomic E-state index is 12.0. The topological polar surface area (TPSA) is 29.1 Å². The molecule has 1 N–H and O–H groups in total. The first-order valence-corrected chi connectivity index (χ1v) is 7.52. The predicted octanol–water partition coefficient (Wildman–Crippen LogP) is 3.10. The third kappa shape index (κ3) is 2.79. The maximum Gasteiger partial charge on any atom is 0.223 e. The van der Waals surface area contributed by atoms with E-state index in [1.54, 1.807) is 0 Å². The fraction of sp³-hybridized carbons (Fsp3) is 0.923. The van der Waals surface area contributed by atoms with Crippen LogP contribution in [0.1, 0.15) is 45.4 Å². The van der Waals surface area contributed by atoms with Gasteiger partial charge in [-0.05, 0) is 37.5 Å². The molecule has 0 bridgehead atoms. The first-order chi connectivity index (χ1) is 7.68. The van der Waals surface area contributed by atoms with Gasteiger partial charge in [0, 0.05) is 17.3 Å². The van der Waals surface area contributed by atoms with Crippen LogP contribution >= 0.6 is 15.9 Å². The quantitative estimate of drug-likeness (QED) is 0.794. The van der Waals surface area contributed by atoms with Crippen LogP contribution < -0.4 is 5.32 Å². The van der Waals surface area contributed by atoms with Crippen LogP contribution in [0, 0.1) is 17.8 Å². The van der Waals surface area contributed by atoms with Crippen LogP contribution in [0.2, 0.25) is 0 Å². The SMILES string of the molecule is CC1CCCC1C(=O)NCC1CCCC1Br. The molecule has 0 aromatic carbocycles. The van der Waals surface area contributed by atoms with Crippen molar-refractivity contribution >= 4 is 21.8 Å². The zero-order valence-corrected chi connectivity index (χ0v) is 11.6. The molecule has 0 aliphatic heterocycles. The Hall–Kier alpha value is -0.0500. The summed E-state index contributed by atoms with van der Waals surface area (Å²) < 4.78 is 0. The molecule has 0 saturated heterocycles. The zero-order valence-electron chi connectivity index (χ0n) is 10.0. The van der Waals surface area contributed by atoms with Gasteiger partial charge in [0.1, 0.15) is 0 Å². The van der Waals surface area contributed by atoms with E-state index >= 15 is 0 Å². The van der Waals surface area contributed by atoms with Gasteiger partial charge in [-0.2, -0.15) is 0 Å². The van der Waals surface area contributed by atoms with Gasteiger partial charge < -0.3 is 5.32 Å². The average Bonchev–Trinajstić information content (AvgIpc) is 2.84. The third-order valence-corrected chi connectivity index (χ3v) is 5.51. The summed E-state index contributed by atoms with van der Waals surface area (Å²) in [5.74, 6) is 1.83. The van der Waals surface area contributed by atoms with E-state index in [1.165, 1.54) is 32.1 Å². The Morgan fingerprint density at radius 3 is 2.56 bits per heavy atom. The van der Waals surface area contributed by atoms with Gasteiger partial charge in [-0.3, -0.25) is 4.79 Å². The standard InChI is InChI=1S/C13H22BrNO/c1-9-4-2-6-11(9)13(16)15-8-10-5-3-7-12(10)14/h9-12H,2-8H2,1H3,(H,15,16). The second-order valence-corrected chi connectivity index (χ2v) is 6.64. The highest BCUT2D eigenvalue weighted by molar-refractivity contribution is 9.09. The van der Waals surface area contributed by atoms with Gasteiger partial charge in [-0.1, -0.05) is 35.7 Å². The van der Waals surface area contributed by atoms with E-state index in [2.05, 4.69) is 28.2 Å². The van der Waals surface area contributed by atoms with Crippen LogP contribution in [0.3, 0.4) is 0 Å². The summed E-state index contributed by atoms with van der Waals surface area (Å²) in [6.07, 6.45) is 7.37. The third-order valence-electron chi connectivity index (χ3n) is 4.30. The molecule has 4 atom stereocenters. The molecule has 16 heavy (non-hydrogen) atoms. The minimum absolute atomic E-state index is 0.287. The number of alkyl halides is 1. The van der Waals surface area contributed by atoms with E-state index in [4.69, 9.17) is 0 Å². The van der Waals surface area contributed by atoms with Crippen molar-refractivity contribution in [1.82, 2.24) is 5.32 Å². The zero-order chi connectivity index (χ0) is 11.5. The van der Waals surface area contributed by atoms with Crippen molar-refractivity contribution in [2.45, 2.75) is 50.3 Å². The second-order valence-electron chi connectivity index (χ2n) is 5.47. The number of nitrogens with one attached hydrogen (secondary N) is 1. The van der Waals surface area contributed by atoms with Crippen molar-refractivity contribution in [2.24, 2.45) is 17.8 Å². The fourth-order valence-corrected chi connectivity index (χ4v) is 3.89. The fourth-order valence-electron chi connectivity index (χ4n) is 3.12. The molecule has 0 aromatic rings. The molecular weight excluding hydrogens is 266 g/mol. The summed E-state index contributed by atoms with van der Waals surface area (Å²) in [5.41, 5.74) is 0. The van der Waals surface area contributed by atoms with Crippen LogP contribution in [0.15, 0.2) is 0 Å². The molecule has 0 radical (unpaired) electrons. The predicted molar refractivity (Wildman–Crippen MR) is 69.6 cm³/mol. The highest BCUT2D eigenvalue weighted by Crippen LogP contribution is 2.33. The van der Waals surface area contributed by atoms with Crippen LogP contribution in [0.5, 0.6) is 0 Å². The Bertz CT molecular complexity index is 256. The molecule has 4 unspecified atom stereocenters. The van der Waals surface area contributed by atoms with E-state index in [0.29, 0.717) is 22.6 Å². The Balaban J connectivity index is 1.75. The van der Waals surface area contributed by atoms with E-state index in [9.17, 15) is 4.79 Å². The van der Waals surface area contributed by atoms with Crippen molar-refractivity contribution in [1.29, 1.82) is 0 Å².